The average molecular weight is 233 g/mol. The van der Waals surface area contributed by atoms with Crippen molar-refractivity contribution in [2.24, 2.45) is 11.8 Å². The molecule has 0 aliphatic carbocycles. The number of rotatable bonds is 1. The lowest BCUT2D eigenvalue weighted by atomic mass is 9.84. The molecule has 2 atom stereocenters. The first-order chi connectivity index (χ1) is 7.91. The molecule has 0 spiro atoms. The van der Waals surface area contributed by atoms with Gasteiger partial charge in [-0.1, -0.05) is 27.7 Å². The van der Waals surface area contributed by atoms with Crippen molar-refractivity contribution < 1.29 is 0 Å². The molecule has 94 valence electrons. The van der Waals surface area contributed by atoms with Gasteiger partial charge >= 0.3 is 0 Å². The molecule has 2 nitrogen and oxygen atoms in total. The molecule has 2 rings (SSSR count). The Morgan fingerprint density at radius 1 is 1.29 bits per heavy atom. The molecule has 17 heavy (non-hydrogen) atoms. The van der Waals surface area contributed by atoms with Gasteiger partial charge in [-0.25, -0.2) is 0 Å². The first-order valence-corrected chi connectivity index (χ1v) is 6.65. The largest absolute Gasteiger partial charge is 0.312 e. The summed E-state index contributed by atoms with van der Waals surface area (Å²) in [5.41, 5.74) is 3.74. The van der Waals surface area contributed by atoms with Crippen LogP contribution in [0.25, 0.3) is 0 Å². The van der Waals surface area contributed by atoms with Gasteiger partial charge < -0.3 is 4.57 Å². The summed E-state index contributed by atoms with van der Waals surface area (Å²) < 4.78 is 2.02. The van der Waals surface area contributed by atoms with Crippen LogP contribution in [-0.4, -0.2) is 4.57 Å². The predicted molar refractivity (Wildman–Crippen MR) is 71.6 cm³/mol. The fourth-order valence-corrected chi connectivity index (χ4v) is 2.76. The molecule has 0 fully saturated rings. The standard InChI is InChI=1S/C15H23NO/c1-9(2)13-6-11(4)15(17)16-8-12(5)10(3)7-14(13)16/h6,9-10,12H,7-8H2,1-5H3. The van der Waals surface area contributed by atoms with Crippen molar-refractivity contribution in [3.63, 3.8) is 0 Å². The second-order valence-electron chi connectivity index (χ2n) is 5.96. The number of aromatic nitrogens is 1. The van der Waals surface area contributed by atoms with Crippen LogP contribution in [0, 0.1) is 18.8 Å². The molecule has 0 N–H and O–H groups in total. The van der Waals surface area contributed by atoms with Gasteiger partial charge in [0.2, 0.25) is 0 Å². The highest BCUT2D eigenvalue weighted by Crippen LogP contribution is 2.29. The Balaban J connectivity index is 2.64. The normalized spacial score (nSPS) is 23.9. The minimum atomic E-state index is 0.211. The van der Waals surface area contributed by atoms with E-state index in [1.54, 1.807) is 0 Å². The molecule has 1 aromatic rings. The van der Waals surface area contributed by atoms with Gasteiger partial charge in [-0.2, -0.15) is 0 Å². The Kier molecular flexibility index (Phi) is 3.15. The quantitative estimate of drug-likeness (QED) is 0.730. The van der Waals surface area contributed by atoms with E-state index in [2.05, 4.69) is 33.8 Å². The Hall–Kier alpha value is -1.05. The summed E-state index contributed by atoms with van der Waals surface area (Å²) in [6.45, 7) is 11.8. The van der Waals surface area contributed by atoms with Crippen molar-refractivity contribution in [3.8, 4) is 0 Å². The summed E-state index contributed by atoms with van der Waals surface area (Å²) in [5.74, 6) is 1.77. The molecular weight excluding hydrogens is 210 g/mol. The van der Waals surface area contributed by atoms with Crippen LogP contribution in [0.2, 0.25) is 0 Å². The highest BCUT2D eigenvalue weighted by molar-refractivity contribution is 5.30. The molecule has 0 saturated heterocycles. The lowest BCUT2D eigenvalue weighted by Gasteiger charge is -2.32. The zero-order chi connectivity index (χ0) is 12.7. The summed E-state index contributed by atoms with van der Waals surface area (Å²) in [7, 11) is 0. The maximum Gasteiger partial charge on any atom is 0.253 e. The van der Waals surface area contributed by atoms with E-state index >= 15 is 0 Å². The average Bonchev–Trinajstić information content (AvgIpc) is 2.26. The summed E-state index contributed by atoms with van der Waals surface area (Å²) in [5, 5.41) is 0. The molecule has 0 radical (unpaired) electrons. The van der Waals surface area contributed by atoms with Gasteiger partial charge in [0, 0.05) is 17.8 Å². The van der Waals surface area contributed by atoms with Gasteiger partial charge in [0.05, 0.1) is 0 Å². The highest BCUT2D eigenvalue weighted by atomic mass is 16.1. The Morgan fingerprint density at radius 3 is 2.53 bits per heavy atom. The maximum atomic E-state index is 12.2. The number of aryl methyl sites for hydroxylation is 1. The van der Waals surface area contributed by atoms with E-state index in [-0.39, 0.29) is 5.56 Å². The molecule has 0 aromatic carbocycles. The van der Waals surface area contributed by atoms with E-state index in [0.29, 0.717) is 17.8 Å². The Labute approximate surface area is 104 Å². The van der Waals surface area contributed by atoms with E-state index in [9.17, 15) is 4.79 Å². The van der Waals surface area contributed by atoms with Crippen LogP contribution in [0.15, 0.2) is 10.9 Å². The van der Waals surface area contributed by atoms with Gasteiger partial charge in [-0.15, -0.1) is 0 Å². The van der Waals surface area contributed by atoms with E-state index in [1.807, 2.05) is 11.5 Å². The summed E-state index contributed by atoms with van der Waals surface area (Å²) >= 11 is 0. The van der Waals surface area contributed by atoms with Crippen LogP contribution >= 0.6 is 0 Å². The molecule has 0 bridgehead atoms. The van der Waals surface area contributed by atoms with Crippen LogP contribution in [0.1, 0.15) is 50.4 Å². The van der Waals surface area contributed by atoms with Crippen LogP contribution in [0.5, 0.6) is 0 Å². The molecule has 2 heteroatoms. The molecule has 2 unspecified atom stereocenters. The van der Waals surface area contributed by atoms with Gasteiger partial charge in [-0.3, -0.25) is 4.79 Å². The minimum Gasteiger partial charge on any atom is -0.312 e. The molecule has 0 saturated carbocycles. The third-order valence-electron chi connectivity index (χ3n) is 4.19. The minimum absolute atomic E-state index is 0.211. The topological polar surface area (TPSA) is 22.0 Å². The molecular formula is C15H23NO. The number of hydrogen-bond donors (Lipinski definition) is 0. The van der Waals surface area contributed by atoms with Gasteiger partial charge in [0.15, 0.2) is 0 Å². The molecule has 1 aliphatic rings. The van der Waals surface area contributed by atoms with Crippen molar-refractivity contribution in [2.45, 2.75) is 53.5 Å². The fraction of sp³-hybridized carbons (Fsp3) is 0.667. The predicted octanol–water partition coefficient (Wildman–Crippen LogP) is 3.11. The summed E-state index contributed by atoms with van der Waals surface area (Å²) in [4.78, 5) is 12.2. The van der Waals surface area contributed by atoms with Crippen LogP contribution in [0.4, 0.5) is 0 Å². The zero-order valence-electron chi connectivity index (χ0n) is 11.6. The van der Waals surface area contributed by atoms with Gasteiger partial charge in [-0.05, 0) is 42.7 Å². The van der Waals surface area contributed by atoms with Crippen LogP contribution in [-0.2, 0) is 13.0 Å². The van der Waals surface area contributed by atoms with Crippen LogP contribution in [0.3, 0.4) is 0 Å². The first-order valence-electron chi connectivity index (χ1n) is 6.65. The lowest BCUT2D eigenvalue weighted by Crippen LogP contribution is -2.36. The van der Waals surface area contributed by atoms with Crippen molar-refractivity contribution in [1.29, 1.82) is 0 Å². The first kappa shape index (κ1) is 12.4. The van der Waals surface area contributed by atoms with E-state index in [1.165, 1.54) is 11.3 Å². The maximum absolute atomic E-state index is 12.2. The van der Waals surface area contributed by atoms with E-state index in [0.717, 1.165) is 18.5 Å². The SMILES string of the molecule is Cc1cc(C(C)C)c2n(c1=O)CC(C)C(C)C2. The highest BCUT2D eigenvalue weighted by Gasteiger charge is 2.25. The fourth-order valence-electron chi connectivity index (χ4n) is 2.76. The monoisotopic (exact) mass is 233 g/mol. The molecule has 1 aromatic heterocycles. The Bertz CT molecular complexity index is 484. The van der Waals surface area contributed by atoms with E-state index < -0.39 is 0 Å². The van der Waals surface area contributed by atoms with Crippen molar-refractivity contribution in [3.05, 3.63) is 33.2 Å². The summed E-state index contributed by atoms with van der Waals surface area (Å²) in [6.07, 6.45) is 1.05. The third-order valence-corrected chi connectivity index (χ3v) is 4.19. The second-order valence-corrected chi connectivity index (χ2v) is 5.96. The lowest BCUT2D eigenvalue weighted by molar-refractivity contribution is 0.286. The molecule has 2 heterocycles. The number of hydrogen-bond acceptors (Lipinski definition) is 1. The molecule has 1 aliphatic heterocycles. The van der Waals surface area contributed by atoms with E-state index in [4.69, 9.17) is 0 Å². The van der Waals surface area contributed by atoms with Gasteiger partial charge in [0.1, 0.15) is 0 Å². The van der Waals surface area contributed by atoms with Crippen LogP contribution < -0.4 is 5.56 Å². The second kappa shape index (κ2) is 4.32. The number of fused-ring (bicyclic) bond motifs is 1. The number of pyridine rings is 1. The van der Waals surface area contributed by atoms with Crippen molar-refractivity contribution in [2.75, 3.05) is 0 Å². The summed E-state index contributed by atoms with van der Waals surface area (Å²) in [6, 6.07) is 2.10. The molecule has 0 amide bonds. The Morgan fingerprint density at radius 2 is 1.94 bits per heavy atom. The van der Waals surface area contributed by atoms with Gasteiger partial charge in [0.25, 0.3) is 5.56 Å². The smallest absolute Gasteiger partial charge is 0.253 e. The zero-order valence-corrected chi connectivity index (χ0v) is 11.6. The van der Waals surface area contributed by atoms with Crippen molar-refractivity contribution >= 4 is 0 Å². The third kappa shape index (κ3) is 2.05. The number of nitrogens with zero attached hydrogens (tertiary/aromatic N) is 1. The van der Waals surface area contributed by atoms with Crippen molar-refractivity contribution in [1.82, 2.24) is 4.57 Å².